The predicted molar refractivity (Wildman–Crippen MR) is 53.6 cm³/mol. The molecular formula is C10H15NO2S. The van der Waals surface area contributed by atoms with E-state index in [1.807, 2.05) is 0 Å². The highest BCUT2D eigenvalue weighted by Gasteiger charge is 2.57. The fourth-order valence-electron chi connectivity index (χ4n) is 3.92. The first-order valence-electron chi connectivity index (χ1n) is 5.31. The molecule has 0 aromatic rings. The summed E-state index contributed by atoms with van der Waals surface area (Å²) >= 11 is 0. The smallest absolute Gasteiger partial charge is 0.139 e. The molecule has 0 aromatic carbocycles. The van der Waals surface area contributed by atoms with Crippen molar-refractivity contribution < 1.29 is 9.00 Å². The molecule has 4 saturated carbocycles. The van der Waals surface area contributed by atoms with Crippen molar-refractivity contribution in [3.63, 3.8) is 0 Å². The van der Waals surface area contributed by atoms with E-state index < -0.39 is 11.0 Å². The monoisotopic (exact) mass is 213 g/mol. The molecule has 4 aliphatic rings. The van der Waals surface area contributed by atoms with E-state index >= 15 is 0 Å². The highest BCUT2D eigenvalue weighted by molar-refractivity contribution is 7.84. The van der Waals surface area contributed by atoms with Crippen LogP contribution in [0.4, 0.5) is 0 Å². The molecule has 4 bridgehead atoms. The van der Waals surface area contributed by atoms with Crippen molar-refractivity contribution >= 4 is 16.8 Å². The van der Waals surface area contributed by atoms with Crippen molar-refractivity contribution in [2.24, 2.45) is 22.9 Å². The normalized spacial score (nSPS) is 52.4. The Balaban J connectivity index is 2.00. The molecule has 0 amide bonds. The van der Waals surface area contributed by atoms with Crippen LogP contribution < -0.4 is 5.14 Å². The van der Waals surface area contributed by atoms with Gasteiger partial charge in [0.1, 0.15) is 5.78 Å². The first kappa shape index (κ1) is 9.04. The second-order valence-corrected chi connectivity index (χ2v) is 6.69. The second kappa shape index (κ2) is 2.67. The average Bonchev–Trinajstić information content (AvgIpc) is 2.12. The summed E-state index contributed by atoms with van der Waals surface area (Å²) in [6.45, 7) is 0. The molecule has 4 aliphatic carbocycles. The number of carbonyl (C=O) groups excluding carboxylic acids is 1. The van der Waals surface area contributed by atoms with Gasteiger partial charge in [0, 0.05) is 11.8 Å². The van der Waals surface area contributed by atoms with E-state index in [9.17, 15) is 9.00 Å². The zero-order valence-corrected chi connectivity index (χ0v) is 8.89. The van der Waals surface area contributed by atoms with Gasteiger partial charge < -0.3 is 0 Å². The van der Waals surface area contributed by atoms with E-state index in [1.54, 1.807) is 0 Å². The molecule has 0 saturated heterocycles. The second-order valence-electron chi connectivity index (χ2n) is 5.23. The molecule has 2 unspecified atom stereocenters. The summed E-state index contributed by atoms with van der Waals surface area (Å²) in [6, 6.07) is 0. The van der Waals surface area contributed by atoms with Crippen LogP contribution in [0.25, 0.3) is 0 Å². The molecule has 3 nitrogen and oxygen atoms in total. The molecule has 2 N–H and O–H groups in total. The van der Waals surface area contributed by atoms with Crippen LogP contribution in [0.5, 0.6) is 0 Å². The molecule has 4 heteroatoms. The summed E-state index contributed by atoms with van der Waals surface area (Å²) in [6.07, 6.45) is 4.66. The third-order valence-corrected chi connectivity index (χ3v) is 5.72. The summed E-state index contributed by atoms with van der Waals surface area (Å²) in [7, 11) is -1.24. The molecule has 4 rings (SSSR count). The predicted octanol–water partition coefficient (Wildman–Crippen LogP) is 0.757. The van der Waals surface area contributed by atoms with Gasteiger partial charge in [-0.3, -0.25) is 9.93 Å². The van der Waals surface area contributed by atoms with Crippen molar-refractivity contribution in [2.45, 2.75) is 36.9 Å². The van der Waals surface area contributed by atoms with E-state index in [2.05, 4.69) is 0 Å². The van der Waals surface area contributed by atoms with Crippen molar-refractivity contribution in [1.82, 2.24) is 0 Å². The fraction of sp³-hybridized carbons (Fsp3) is 0.900. The number of Topliss-reactive ketones (excluding diaryl/α,β-unsaturated/α-hetero) is 1. The van der Waals surface area contributed by atoms with Gasteiger partial charge in [0.2, 0.25) is 0 Å². The van der Waals surface area contributed by atoms with Crippen LogP contribution in [0.15, 0.2) is 0 Å². The third kappa shape index (κ3) is 1.01. The molecular weight excluding hydrogens is 198 g/mol. The Labute approximate surface area is 86.0 Å². The van der Waals surface area contributed by atoms with E-state index in [4.69, 9.17) is 5.14 Å². The molecule has 0 aliphatic heterocycles. The maximum Gasteiger partial charge on any atom is 0.139 e. The maximum absolute atomic E-state index is 11.8. The standard InChI is InChI=1S/C10H15NO2S/c11-14(13)10-3-6-1-7(4-10)9(12)8(2-6)5-10/h6-8H,1-5,11H2/t6?,7?,8?,10?,14-/m1/s1. The molecule has 14 heavy (non-hydrogen) atoms. The van der Waals surface area contributed by atoms with Gasteiger partial charge in [-0.25, -0.2) is 4.21 Å². The molecule has 0 spiro atoms. The number of carbonyl (C=O) groups is 1. The summed E-state index contributed by atoms with van der Waals surface area (Å²) in [4.78, 5) is 11.8. The summed E-state index contributed by atoms with van der Waals surface area (Å²) < 4.78 is 11.4. The van der Waals surface area contributed by atoms with Gasteiger partial charge in [-0.1, -0.05) is 0 Å². The average molecular weight is 213 g/mol. The Hall–Kier alpha value is -0.220. The van der Waals surface area contributed by atoms with E-state index in [0.29, 0.717) is 11.7 Å². The van der Waals surface area contributed by atoms with Crippen LogP contribution in [0.3, 0.4) is 0 Å². The number of ketones is 1. The van der Waals surface area contributed by atoms with Crippen LogP contribution in [-0.4, -0.2) is 14.7 Å². The minimum absolute atomic E-state index is 0.189. The number of hydrogen-bond acceptors (Lipinski definition) is 2. The molecule has 0 aromatic heterocycles. The zero-order chi connectivity index (χ0) is 9.92. The molecule has 3 atom stereocenters. The van der Waals surface area contributed by atoms with Gasteiger partial charge in [-0.2, -0.15) is 0 Å². The van der Waals surface area contributed by atoms with Crippen molar-refractivity contribution in [2.75, 3.05) is 0 Å². The molecule has 0 radical (unpaired) electrons. The Morgan fingerprint density at radius 3 is 2.29 bits per heavy atom. The highest BCUT2D eigenvalue weighted by Crippen LogP contribution is 2.55. The maximum atomic E-state index is 11.8. The lowest BCUT2D eigenvalue weighted by atomic mass is 9.55. The Morgan fingerprint density at radius 1 is 1.21 bits per heavy atom. The lowest BCUT2D eigenvalue weighted by molar-refractivity contribution is -0.138. The van der Waals surface area contributed by atoms with Gasteiger partial charge in [-0.15, -0.1) is 0 Å². The van der Waals surface area contributed by atoms with Gasteiger partial charge in [0.15, 0.2) is 0 Å². The third-order valence-electron chi connectivity index (χ3n) is 4.36. The van der Waals surface area contributed by atoms with E-state index in [1.165, 1.54) is 0 Å². The fourth-order valence-corrected chi connectivity index (χ4v) is 5.05. The Kier molecular flexibility index (Phi) is 1.72. The van der Waals surface area contributed by atoms with Gasteiger partial charge in [-0.05, 0) is 38.0 Å². The topological polar surface area (TPSA) is 60.2 Å². The summed E-state index contributed by atoms with van der Waals surface area (Å²) in [5, 5.41) is 5.60. The highest BCUT2D eigenvalue weighted by atomic mass is 32.2. The van der Waals surface area contributed by atoms with Gasteiger partial charge in [0.05, 0.1) is 15.7 Å². The van der Waals surface area contributed by atoms with Crippen LogP contribution in [0.1, 0.15) is 32.1 Å². The number of rotatable bonds is 1. The zero-order valence-electron chi connectivity index (χ0n) is 8.07. The number of nitrogens with two attached hydrogens (primary N) is 1. The van der Waals surface area contributed by atoms with E-state index in [0.717, 1.165) is 32.1 Å². The molecule has 4 fully saturated rings. The minimum atomic E-state index is -1.24. The molecule has 0 heterocycles. The number of hydrogen-bond donors (Lipinski definition) is 1. The van der Waals surface area contributed by atoms with Crippen molar-refractivity contribution in [3.05, 3.63) is 0 Å². The minimum Gasteiger partial charge on any atom is -0.299 e. The lowest BCUT2D eigenvalue weighted by Gasteiger charge is -2.54. The Bertz CT molecular complexity index is 310. The van der Waals surface area contributed by atoms with Crippen LogP contribution >= 0.6 is 0 Å². The van der Waals surface area contributed by atoms with Crippen LogP contribution in [0, 0.1) is 17.8 Å². The van der Waals surface area contributed by atoms with E-state index in [-0.39, 0.29) is 16.6 Å². The van der Waals surface area contributed by atoms with Crippen molar-refractivity contribution in [3.8, 4) is 0 Å². The largest absolute Gasteiger partial charge is 0.299 e. The van der Waals surface area contributed by atoms with Gasteiger partial charge >= 0.3 is 0 Å². The lowest BCUT2D eigenvalue weighted by Crippen LogP contribution is -2.58. The SMILES string of the molecule is N[S@](=O)C12CC3CC(C1)C(=O)C(C3)C2. The quantitative estimate of drug-likeness (QED) is 0.699. The molecule has 78 valence electrons. The van der Waals surface area contributed by atoms with Crippen molar-refractivity contribution in [1.29, 1.82) is 0 Å². The van der Waals surface area contributed by atoms with Crippen LogP contribution in [-0.2, 0) is 15.8 Å². The summed E-state index contributed by atoms with van der Waals surface area (Å²) in [5.74, 6) is 1.43. The van der Waals surface area contributed by atoms with Gasteiger partial charge in [0.25, 0.3) is 0 Å². The first-order chi connectivity index (χ1) is 6.61. The van der Waals surface area contributed by atoms with Crippen LogP contribution in [0.2, 0.25) is 0 Å². The Morgan fingerprint density at radius 2 is 1.79 bits per heavy atom. The summed E-state index contributed by atoms with van der Waals surface area (Å²) in [5.41, 5.74) is 0. The first-order valence-corrected chi connectivity index (χ1v) is 6.52.